The molecule has 142 valence electrons. The minimum absolute atomic E-state index is 0.0109. The van der Waals surface area contributed by atoms with Gasteiger partial charge in [0, 0.05) is 24.1 Å². The first kappa shape index (κ1) is 20.3. The molecule has 0 aromatic heterocycles. The Hall–Kier alpha value is -3.02. The third-order valence-electron chi connectivity index (χ3n) is 3.88. The van der Waals surface area contributed by atoms with Gasteiger partial charge in [0.25, 0.3) is 0 Å². The summed E-state index contributed by atoms with van der Waals surface area (Å²) in [6, 6.07) is 11.6. The molecule has 2 rings (SSSR count). The van der Waals surface area contributed by atoms with Crippen LogP contribution in [0.25, 0.3) is 0 Å². The molecule has 5 nitrogen and oxygen atoms in total. The van der Waals surface area contributed by atoms with E-state index < -0.39 is 11.8 Å². The quantitative estimate of drug-likeness (QED) is 0.403. The van der Waals surface area contributed by atoms with Crippen LogP contribution in [-0.2, 0) is 9.53 Å². The number of ketones is 1. The van der Waals surface area contributed by atoms with Crippen LogP contribution in [0.5, 0.6) is 0 Å². The zero-order valence-electron chi connectivity index (χ0n) is 15.2. The molecule has 0 radical (unpaired) electrons. The number of carbonyl (C=O) groups excluding carboxylic acids is 3. The summed E-state index contributed by atoms with van der Waals surface area (Å²) >= 11 is 0. The maximum atomic E-state index is 12.9. The zero-order valence-corrected chi connectivity index (χ0v) is 15.2. The Morgan fingerprint density at radius 3 is 2.19 bits per heavy atom. The molecule has 0 heterocycles. The summed E-state index contributed by atoms with van der Waals surface area (Å²) in [5, 5.41) is 2.67. The largest absolute Gasteiger partial charge is 0.462 e. The third-order valence-corrected chi connectivity index (χ3v) is 3.88. The van der Waals surface area contributed by atoms with Gasteiger partial charge < -0.3 is 10.1 Å². The van der Waals surface area contributed by atoms with E-state index in [1.54, 1.807) is 24.3 Å². The molecule has 0 fully saturated rings. The van der Waals surface area contributed by atoms with Crippen LogP contribution in [-0.4, -0.2) is 24.3 Å². The molecule has 0 spiro atoms. The van der Waals surface area contributed by atoms with Crippen molar-refractivity contribution in [2.75, 3.05) is 11.9 Å². The Balaban J connectivity index is 1.80. The maximum absolute atomic E-state index is 12.9. The Kier molecular flexibility index (Phi) is 7.67. The van der Waals surface area contributed by atoms with E-state index in [0.29, 0.717) is 23.4 Å². The molecule has 1 N–H and O–H groups in total. The normalized spacial score (nSPS) is 10.3. The number of benzene rings is 2. The van der Waals surface area contributed by atoms with E-state index in [9.17, 15) is 18.8 Å². The number of halogens is 1. The van der Waals surface area contributed by atoms with Crippen molar-refractivity contribution in [3.05, 3.63) is 65.5 Å². The molecule has 0 aliphatic carbocycles. The van der Waals surface area contributed by atoms with Crippen LogP contribution < -0.4 is 5.32 Å². The highest BCUT2D eigenvalue weighted by molar-refractivity contribution is 6.00. The summed E-state index contributed by atoms with van der Waals surface area (Å²) < 4.78 is 18.0. The van der Waals surface area contributed by atoms with Crippen molar-refractivity contribution in [3.63, 3.8) is 0 Å². The van der Waals surface area contributed by atoms with Gasteiger partial charge in [-0.15, -0.1) is 0 Å². The number of hydrogen-bond acceptors (Lipinski definition) is 4. The molecular formula is C21H22FNO4. The Morgan fingerprint density at radius 2 is 1.56 bits per heavy atom. The lowest BCUT2D eigenvalue weighted by atomic mass is 10.1. The molecular weight excluding hydrogens is 349 g/mol. The average Bonchev–Trinajstić information content (AvgIpc) is 2.67. The predicted molar refractivity (Wildman–Crippen MR) is 100 cm³/mol. The highest BCUT2D eigenvalue weighted by Crippen LogP contribution is 2.13. The Bertz CT molecular complexity index is 785. The zero-order chi connectivity index (χ0) is 19.6. The molecule has 27 heavy (non-hydrogen) atoms. The first-order valence-corrected chi connectivity index (χ1v) is 8.85. The molecule has 0 atom stereocenters. The number of anilines is 1. The minimum Gasteiger partial charge on any atom is -0.462 e. The van der Waals surface area contributed by atoms with E-state index >= 15 is 0 Å². The van der Waals surface area contributed by atoms with Crippen molar-refractivity contribution in [2.45, 2.75) is 32.6 Å². The first-order chi connectivity index (χ1) is 13.0. The topological polar surface area (TPSA) is 72.5 Å². The van der Waals surface area contributed by atoms with Crippen LogP contribution in [0.4, 0.5) is 10.1 Å². The summed E-state index contributed by atoms with van der Waals surface area (Å²) in [6.07, 6.45) is 1.80. The Morgan fingerprint density at radius 1 is 0.926 bits per heavy atom. The van der Waals surface area contributed by atoms with Gasteiger partial charge in [-0.2, -0.15) is 0 Å². The number of Topliss-reactive ketones (excluding diaryl/α,β-unsaturated/α-hetero) is 1. The molecule has 0 bridgehead atoms. The van der Waals surface area contributed by atoms with Gasteiger partial charge in [0.05, 0.1) is 12.2 Å². The standard InChI is InChI=1S/C21H22FNO4/c1-2-3-14-27-21(26)16-6-10-18(11-7-16)23-20(25)13-12-19(24)15-4-8-17(22)9-5-15/h4-11H,2-3,12-14H2,1H3,(H,23,25). The molecule has 1 amide bonds. The first-order valence-electron chi connectivity index (χ1n) is 8.85. The van der Waals surface area contributed by atoms with Gasteiger partial charge >= 0.3 is 5.97 Å². The van der Waals surface area contributed by atoms with Gasteiger partial charge in [-0.1, -0.05) is 13.3 Å². The van der Waals surface area contributed by atoms with Crippen molar-refractivity contribution in [3.8, 4) is 0 Å². The fraction of sp³-hybridized carbons (Fsp3) is 0.286. The van der Waals surface area contributed by atoms with Crippen LogP contribution in [0, 0.1) is 5.82 Å². The maximum Gasteiger partial charge on any atom is 0.338 e. The van der Waals surface area contributed by atoms with Crippen molar-refractivity contribution in [1.29, 1.82) is 0 Å². The van der Waals surface area contributed by atoms with E-state index in [0.717, 1.165) is 12.8 Å². The number of amides is 1. The van der Waals surface area contributed by atoms with Gasteiger partial charge in [0.1, 0.15) is 5.82 Å². The number of esters is 1. The fourth-order valence-corrected chi connectivity index (χ4v) is 2.31. The summed E-state index contributed by atoms with van der Waals surface area (Å²) in [4.78, 5) is 35.8. The number of unbranched alkanes of at least 4 members (excludes halogenated alkanes) is 1. The lowest BCUT2D eigenvalue weighted by Gasteiger charge is -2.07. The number of rotatable bonds is 9. The molecule has 0 aliphatic heterocycles. The number of ether oxygens (including phenoxy) is 1. The van der Waals surface area contributed by atoms with Gasteiger partial charge in [-0.25, -0.2) is 9.18 Å². The van der Waals surface area contributed by atoms with Crippen LogP contribution in [0.2, 0.25) is 0 Å². The van der Waals surface area contributed by atoms with E-state index in [1.807, 2.05) is 6.92 Å². The SMILES string of the molecule is CCCCOC(=O)c1ccc(NC(=O)CCC(=O)c2ccc(F)cc2)cc1. The van der Waals surface area contributed by atoms with E-state index in [1.165, 1.54) is 24.3 Å². The van der Waals surface area contributed by atoms with E-state index in [-0.39, 0.29) is 24.5 Å². The van der Waals surface area contributed by atoms with Gasteiger partial charge in [0.2, 0.25) is 5.91 Å². The molecule has 2 aromatic carbocycles. The summed E-state index contributed by atoms with van der Waals surface area (Å²) in [6.45, 7) is 2.40. The second-order valence-corrected chi connectivity index (χ2v) is 6.05. The number of nitrogens with one attached hydrogen (secondary N) is 1. The monoisotopic (exact) mass is 371 g/mol. The summed E-state index contributed by atoms with van der Waals surface area (Å²) in [5.41, 5.74) is 1.31. The highest BCUT2D eigenvalue weighted by atomic mass is 19.1. The molecule has 0 saturated heterocycles. The number of carbonyl (C=O) groups is 3. The smallest absolute Gasteiger partial charge is 0.338 e. The van der Waals surface area contributed by atoms with Gasteiger partial charge in [0.15, 0.2) is 5.78 Å². The van der Waals surface area contributed by atoms with Gasteiger partial charge in [-0.3, -0.25) is 9.59 Å². The fourth-order valence-electron chi connectivity index (χ4n) is 2.31. The molecule has 0 aliphatic rings. The third kappa shape index (κ3) is 6.66. The lowest BCUT2D eigenvalue weighted by Crippen LogP contribution is -2.14. The second-order valence-electron chi connectivity index (χ2n) is 6.05. The van der Waals surface area contributed by atoms with Crippen molar-refractivity contribution < 1.29 is 23.5 Å². The molecule has 2 aromatic rings. The van der Waals surface area contributed by atoms with Crippen LogP contribution >= 0.6 is 0 Å². The van der Waals surface area contributed by atoms with Crippen LogP contribution in [0.1, 0.15) is 53.3 Å². The summed E-state index contributed by atoms with van der Waals surface area (Å²) in [7, 11) is 0. The molecule has 0 unspecified atom stereocenters. The lowest BCUT2D eigenvalue weighted by molar-refractivity contribution is -0.116. The van der Waals surface area contributed by atoms with Crippen molar-refractivity contribution in [2.24, 2.45) is 0 Å². The van der Waals surface area contributed by atoms with Crippen molar-refractivity contribution in [1.82, 2.24) is 0 Å². The van der Waals surface area contributed by atoms with E-state index in [2.05, 4.69) is 5.32 Å². The van der Waals surface area contributed by atoms with Crippen LogP contribution in [0.15, 0.2) is 48.5 Å². The van der Waals surface area contributed by atoms with Crippen molar-refractivity contribution >= 4 is 23.3 Å². The predicted octanol–water partition coefficient (Wildman–Crippen LogP) is 4.38. The van der Waals surface area contributed by atoms with Crippen LogP contribution in [0.3, 0.4) is 0 Å². The average molecular weight is 371 g/mol. The summed E-state index contributed by atoms with van der Waals surface area (Å²) in [5.74, 6) is -1.35. The van der Waals surface area contributed by atoms with Gasteiger partial charge in [-0.05, 0) is 55.0 Å². The number of hydrogen-bond donors (Lipinski definition) is 1. The highest BCUT2D eigenvalue weighted by Gasteiger charge is 2.11. The van der Waals surface area contributed by atoms with E-state index in [4.69, 9.17) is 4.74 Å². The Labute approximate surface area is 157 Å². The molecule has 0 saturated carbocycles. The minimum atomic E-state index is -0.415. The second kappa shape index (κ2) is 10.2. The molecule has 6 heteroatoms.